The summed E-state index contributed by atoms with van der Waals surface area (Å²) in [5, 5.41) is 1.30. The second-order valence-electron chi connectivity index (χ2n) is 3.35. The molecular formula is C10H14BrN3OS. The minimum atomic E-state index is -0.129. The lowest BCUT2D eigenvalue weighted by molar-refractivity contribution is -0.121. The first-order chi connectivity index (χ1) is 7.61. The Labute approximate surface area is 107 Å². The van der Waals surface area contributed by atoms with Crippen molar-refractivity contribution in [3.63, 3.8) is 0 Å². The van der Waals surface area contributed by atoms with Crippen LogP contribution in [0.5, 0.6) is 0 Å². The van der Waals surface area contributed by atoms with Crippen LogP contribution in [0.15, 0.2) is 27.8 Å². The molecule has 0 aromatic carbocycles. The molecule has 3 N–H and O–H groups in total. The monoisotopic (exact) mass is 303 g/mol. The summed E-state index contributed by atoms with van der Waals surface area (Å²) in [5.74, 6) is 4.88. The number of aromatic nitrogens is 1. The second-order valence-corrected chi connectivity index (χ2v) is 5.72. The van der Waals surface area contributed by atoms with Gasteiger partial charge in [0.25, 0.3) is 0 Å². The third-order valence-corrected chi connectivity index (χ3v) is 3.55. The van der Waals surface area contributed by atoms with Gasteiger partial charge in [-0.05, 0) is 34.5 Å². The Kier molecular flexibility index (Phi) is 5.79. The van der Waals surface area contributed by atoms with Gasteiger partial charge in [0.2, 0.25) is 5.91 Å². The molecule has 1 unspecified atom stereocenters. The summed E-state index contributed by atoms with van der Waals surface area (Å²) in [7, 11) is 0. The lowest BCUT2D eigenvalue weighted by atomic mass is 10.2. The first-order valence-corrected chi connectivity index (χ1v) is 6.56. The van der Waals surface area contributed by atoms with E-state index >= 15 is 0 Å². The number of hydrazine groups is 1. The molecule has 1 heterocycles. The molecule has 0 fully saturated rings. The predicted octanol–water partition coefficient (Wildman–Crippen LogP) is 2.09. The van der Waals surface area contributed by atoms with E-state index in [-0.39, 0.29) is 5.91 Å². The van der Waals surface area contributed by atoms with Crippen LogP contribution in [0.3, 0.4) is 0 Å². The van der Waals surface area contributed by atoms with Gasteiger partial charge in [-0.15, -0.1) is 11.8 Å². The SMILES string of the molecule is CC(CCC(=O)NN)Sc1ccc(Br)cn1. The van der Waals surface area contributed by atoms with Crippen LogP contribution in [0.25, 0.3) is 0 Å². The lowest BCUT2D eigenvalue weighted by Gasteiger charge is -2.09. The summed E-state index contributed by atoms with van der Waals surface area (Å²) < 4.78 is 0.965. The van der Waals surface area contributed by atoms with E-state index in [0.29, 0.717) is 11.7 Å². The minimum Gasteiger partial charge on any atom is -0.294 e. The molecule has 0 saturated carbocycles. The third-order valence-electron chi connectivity index (χ3n) is 1.96. The van der Waals surface area contributed by atoms with Gasteiger partial charge in [0.15, 0.2) is 0 Å². The van der Waals surface area contributed by atoms with Crippen molar-refractivity contribution in [3.05, 3.63) is 22.8 Å². The van der Waals surface area contributed by atoms with Gasteiger partial charge in [0.1, 0.15) is 0 Å². The van der Waals surface area contributed by atoms with E-state index in [2.05, 4.69) is 33.3 Å². The number of nitrogens with one attached hydrogen (secondary N) is 1. The van der Waals surface area contributed by atoms with Crippen LogP contribution in [0.4, 0.5) is 0 Å². The smallest absolute Gasteiger partial charge is 0.233 e. The van der Waals surface area contributed by atoms with E-state index < -0.39 is 0 Å². The van der Waals surface area contributed by atoms with Crippen molar-refractivity contribution in [2.75, 3.05) is 0 Å². The summed E-state index contributed by atoms with van der Waals surface area (Å²) in [6.45, 7) is 2.07. The maximum absolute atomic E-state index is 10.9. The zero-order chi connectivity index (χ0) is 12.0. The van der Waals surface area contributed by atoms with Crippen LogP contribution in [-0.2, 0) is 4.79 Å². The van der Waals surface area contributed by atoms with Gasteiger partial charge < -0.3 is 0 Å². The van der Waals surface area contributed by atoms with E-state index in [1.54, 1.807) is 18.0 Å². The zero-order valence-electron chi connectivity index (χ0n) is 8.94. The highest BCUT2D eigenvalue weighted by Crippen LogP contribution is 2.24. The third kappa shape index (κ3) is 4.96. The number of thioether (sulfide) groups is 1. The second kappa shape index (κ2) is 6.88. The number of hydrogen-bond acceptors (Lipinski definition) is 4. The van der Waals surface area contributed by atoms with Crippen molar-refractivity contribution < 1.29 is 4.79 Å². The Morgan fingerprint density at radius 1 is 1.69 bits per heavy atom. The molecule has 0 spiro atoms. The van der Waals surface area contributed by atoms with E-state index in [1.165, 1.54) is 0 Å². The molecule has 6 heteroatoms. The summed E-state index contributed by atoms with van der Waals surface area (Å²) in [6, 6.07) is 3.91. The predicted molar refractivity (Wildman–Crippen MR) is 68.8 cm³/mol. The molecule has 1 amide bonds. The van der Waals surface area contributed by atoms with Gasteiger partial charge in [0, 0.05) is 22.3 Å². The van der Waals surface area contributed by atoms with Crippen LogP contribution in [0, 0.1) is 0 Å². The summed E-state index contributed by atoms with van der Waals surface area (Å²) in [5.41, 5.74) is 2.12. The van der Waals surface area contributed by atoms with Gasteiger partial charge in [-0.2, -0.15) is 0 Å². The quantitative estimate of drug-likeness (QED) is 0.378. The molecule has 0 aliphatic rings. The van der Waals surface area contributed by atoms with Crippen molar-refractivity contribution in [1.29, 1.82) is 0 Å². The molecule has 1 aromatic rings. The molecule has 88 valence electrons. The van der Waals surface area contributed by atoms with Gasteiger partial charge in [-0.25, -0.2) is 10.8 Å². The normalized spacial score (nSPS) is 12.2. The standard InChI is InChI=1S/C10H14BrN3OS/c1-7(2-4-9(15)14-12)16-10-5-3-8(11)6-13-10/h3,5-7H,2,4,12H2,1H3,(H,14,15). The highest BCUT2D eigenvalue weighted by Gasteiger charge is 2.08. The zero-order valence-corrected chi connectivity index (χ0v) is 11.3. The fourth-order valence-electron chi connectivity index (χ4n) is 1.10. The van der Waals surface area contributed by atoms with Gasteiger partial charge in [-0.1, -0.05) is 6.92 Å². The van der Waals surface area contributed by atoms with Crippen molar-refractivity contribution >= 4 is 33.6 Å². The van der Waals surface area contributed by atoms with Gasteiger partial charge >= 0.3 is 0 Å². The number of nitrogens with zero attached hydrogens (tertiary/aromatic N) is 1. The molecule has 0 aliphatic carbocycles. The number of halogens is 1. The highest BCUT2D eigenvalue weighted by molar-refractivity contribution is 9.10. The van der Waals surface area contributed by atoms with E-state index in [9.17, 15) is 4.79 Å². The number of rotatable bonds is 5. The van der Waals surface area contributed by atoms with Crippen LogP contribution in [0.1, 0.15) is 19.8 Å². The molecule has 0 aliphatic heterocycles. The molecule has 0 bridgehead atoms. The average Bonchev–Trinajstić information content (AvgIpc) is 2.29. The van der Waals surface area contributed by atoms with E-state index in [0.717, 1.165) is 15.9 Å². The Hall–Kier alpha value is -0.590. The summed E-state index contributed by atoms with van der Waals surface area (Å²) in [6.07, 6.45) is 2.99. The highest BCUT2D eigenvalue weighted by atomic mass is 79.9. The van der Waals surface area contributed by atoms with Gasteiger partial charge in [-0.3, -0.25) is 10.2 Å². The number of carbonyl (C=O) groups excluding carboxylic acids is 1. The van der Waals surface area contributed by atoms with Crippen molar-refractivity contribution in [2.24, 2.45) is 5.84 Å². The number of nitrogens with two attached hydrogens (primary N) is 1. The van der Waals surface area contributed by atoms with E-state index in [1.807, 2.05) is 12.1 Å². The largest absolute Gasteiger partial charge is 0.294 e. The Morgan fingerprint density at radius 3 is 3.00 bits per heavy atom. The Balaban J connectivity index is 2.36. The molecule has 1 aromatic heterocycles. The number of hydrogen-bond donors (Lipinski definition) is 2. The fraction of sp³-hybridized carbons (Fsp3) is 0.400. The van der Waals surface area contributed by atoms with Crippen molar-refractivity contribution in [2.45, 2.75) is 30.0 Å². The Bertz CT molecular complexity index is 344. The molecular weight excluding hydrogens is 290 g/mol. The first-order valence-electron chi connectivity index (χ1n) is 4.89. The maximum Gasteiger partial charge on any atom is 0.233 e. The lowest BCUT2D eigenvalue weighted by Crippen LogP contribution is -2.30. The number of carbonyl (C=O) groups is 1. The molecule has 16 heavy (non-hydrogen) atoms. The van der Waals surface area contributed by atoms with Crippen LogP contribution in [0.2, 0.25) is 0 Å². The van der Waals surface area contributed by atoms with Crippen LogP contribution < -0.4 is 11.3 Å². The summed E-state index contributed by atoms with van der Waals surface area (Å²) >= 11 is 4.98. The van der Waals surface area contributed by atoms with Crippen LogP contribution in [-0.4, -0.2) is 16.1 Å². The molecule has 4 nitrogen and oxygen atoms in total. The van der Waals surface area contributed by atoms with Crippen LogP contribution >= 0.6 is 27.7 Å². The summed E-state index contributed by atoms with van der Waals surface area (Å²) in [4.78, 5) is 15.2. The molecule has 0 saturated heterocycles. The van der Waals surface area contributed by atoms with Crippen molar-refractivity contribution in [1.82, 2.24) is 10.4 Å². The average molecular weight is 304 g/mol. The topological polar surface area (TPSA) is 68.0 Å². The van der Waals surface area contributed by atoms with E-state index in [4.69, 9.17) is 5.84 Å². The number of amides is 1. The Morgan fingerprint density at radius 2 is 2.44 bits per heavy atom. The van der Waals surface area contributed by atoms with Gasteiger partial charge in [0.05, 0.1) is 5.03 Å². The minimum absolute atomic E-state index is 0.129. The number of pyridine rings is 1. The van der Waals surface area contributed by atoms with Crippen molar-refractivity contribution in [3.8, 4) is 0 Å². The first kappa shape index (κ1) is 13.5. The molecule has 0 radical (unpaired) electrons. The molecule has 1 rings (SSSR count). The maximum atomic E-state index is 10.9. The molecule has 1 atom stereocenters. The fourth-order valence-corrected chi connectivity index (χ4v) is 2.25.